The molecule has 0 aliphatic rings. The number of amides is 1. The predicted octanol–water partition coefficient (Wildman–Crippen LogP) is 2.29. The van der Waals surface area contributed by atoms with E-state index in [1.165, 1.54) is 7.11 Å². The number of hydrogen-bond acceptors (Lipinski definition) is 3. The molecule has 0 aromatic heterocycles. The molecule has 0 saturated heterocycles. The summed E-state index contributed by atoms with van der Waals surface area (Å²) >= 11 is 0. The zero-order valence-electron chi connectivity index (χ0n) is 9.19. The van der Waals surface area contributed by atoms with Gasteiger partial charge in [0.1, 0.15) is 5.75 Å². The average Bonchev–Trinajstić information content (AvgIpc) is 2.30. The van der Waals surface area contributed by atoms with Crippen LogP contribution in [0.1, 0.15) is 6.92 Å². The molecule has 0 aliphatic carbocycles. The van der Waals surface area contributed by atoms with Gasteiger partial charge in [-0.2, -0.15) is 0 Å². The lowest BCUT2D eigenvalue weighted by atomic mass is 10.3. The molecule has 1 aromatic rings. The van der Waals surface area contributed by atoms with Crippen LogP contribution in [-0.2, 0) is 4.74 Å². The van der Waals surface area contributed by atoms with Gasteiger partial charge in [-0.1, -0.05) is 0 Å². The number of methoxy groups -OCH3 is 2. The molecule has 1 rings (SSSR count). The van der Waals surface area contributed by atoms with Crippen LogP contribution in [0, 0.1) is 0 Å². The van der Waals surface area contributed by atoms with Crippen LogP contribution in [0.2, 0.25) is 0 Å². The molecule has 0 N–H and O–H groups in total. The molecule has 4 heteroatoms. The van der Waals surface area contributed by atoms with Gasteiger partial charge in [0.05, 0.1) is 14.2 Å². The van der Waals surface area contributed by atoms with Gasteiger partial charge in [0, 0.05) is 12.2 Å². The minimum Gasteiger partial charge on any atom is -0.497 e. The summed E-state index contributed by atoms with van der Waals surface area (Å²) in [5.41, 5.74) is 0.796. The van der Waals surface area contributed by atoms with E-state index in [0.29, 0.717) is 6.54 Å². The van der Waals surface area contributed by atoms with Crippen LogP contribution in [0.15, 0.2) is 24.3 Å². The summed E-state index contributed by atoms with van der Waals surface area (Å²) in [6.45, 7) is 2.46. The summed E-state index contributed by atoms with van der Waals surface area (Å²) in [5, 5.41) is 0. The Kier molecular flexibility index (Phi) is 3.97. The minimum absolute atomic E-state index is 0.359. The highest BCUT2D eigenvalue weighted by Gasteiger charge is 2.13. The quantitative estimate of drug-likeness (QED) is 0.766. The average molecular weight is 209 g/mol. The highest BCUT2D eigenvalue weighted by Crippen LogP contribution is 2.19. The lowest BCUT2D eigenvalue weighted by Crippen LogP contribution is -2.30. The first-order valence-electron chi connectivity index (χ1n) is 4.72. The summed E-state index contributed by atoms with van der Waals surface area (Å²) in [4.78, 5) is 12.9. The van der Waals surface area contributed by atoms with Crippen molar-refractivity contribution in [3.05, 3.63) is 24.3 Å². The third-order valence-corrected chi connectivity index (χ3v) is 2.10. The van der Waals surface area contributed by atoms with Crippen LogP contribution in [0.3, 0.4) is 0 Å². The third-order valence-electron chi connectivity index (χ3n) is 2.10. The number of hydrogen-bond donors (Lipinski definition) is 0. The van der Waals surface area contributed by atoms with Crippen LogP contribution in [0.5, 0.6) is 5.75 Å². The first-order chi connectivity index (χ1) is 7.22. The standard InChI is InChI=1S/C11H15NO3/c1-4-12(11(13)15-3)9-5-7-10(14-2)8-6-9/h5-8H,4H2,1-3H3. The predicted molar refractivity (Wildman–Crippen MR) is 58.4 cm³/mol. The van der Waals surface area contributed by atoms with Crippen LogP contribution < -0.4 is 9.64 Å². The van der Waals surface area contributed by atoms with E-state index in [9.17, 15) is 4.79 Å². The Balaban J connectivity index is 2.87. The second kappa shape index (κ2) is 5.24. The van der Waals surface area contributed by atoms with Crippen LogP contribution >= 0.6 is 0 Å². The fraction of sp³-hybridized carbons (Fsp3) is 0.364. The van der Waals surface area contributed by atoms with Crippen molar-refractivity contribution in [2.75, 3.05) is 25.7 Å². The highest BCUT2D eigenvalue weighted by molar-refractivity contribution is 5.87. The highest BCUT2D eigenvalue weighted by atomic mass is 16.5. The molecule has 0 atom stereocenters. The molecule has 0 aliphatic heterocycles. The fourth-order valence-corrected chi connectivity index (χ4v) is 1.29. The Bertz CT molecular complexity index is 321. The molecule has 0 heterocycles. The zero-order valence-corrected chi connectivity index (χ0v) is 9.19. The number of carbonyl (C=O) groups excluding carboxylic acids is 1. The summed E-state index contributed by atoms with van der Waals surface area (Å²) in [6.07, 6.45) is -0.359. The van der Waals surface area contributed by atoms with E-state index in [2.05, 4.69) is 4.74 Å². The van der Waals surface area contributed by atoms with Gasteiger partial charge in [0.15, 0.2) is 0 Å². The maximum atomic E-state index is 11.4. The first kappa shape index (κ1) is 11.4. The van der Waals surface area contributed by atoms with Crippen molar-refractivity contribution in [3.8, 4) is 5.75 Å². The van der Waals surface area contributed by atoms with Gasteiger partial charge in [-0.3, -0.25) is 4.90 Å². The Morgan fingerprint density at radius 1 is 1.27 bits per heavy atom. The fourth-order valence-electron chi connectivity index (χ4n) is 1.29. The van der Waals surface area contributed by atoms with E-state index in [1.54, 1.807) is 24.1 Å². The number of carbonyl (C=O) groups is 1. The lowest BCUT2D eigenvalue weighted by molar-refractivity contribution is 0.179. The summed E-state index contributed by atoms with van der Waals surface area (Å²) in [6, 6.07) is 7.25. The molecular formula is C11H15NO3. The van der Waals surface area contributed by atoms with Crippen molar-refractivity contribution in [1.82, 2.24) is 0 Å². The number of anilines is 1. The minimum atomic E-state index is -0.359. The number of nitrogens with zero attached hydrogens (tertiary/aromatic N) is 1. The smallest absolute Gasteiger partial charge is 0.413 e. The summed E-state index contributed by atoms with van der Waals surface area (Å²) < 4.78 is 9.70. The van der Waals surface area contributed by atoms with Crippen molar-refractivity contribution >= 4 is 11.8 Å². The molecule has 1 aromatic carbocycles. The van der Waals surface area contributed by atoms with Crippen molar-refractivity contribution in [1.29, 1.82) is 0 Å². The van der Waals surface area contributed by atoms with Gasteiger partial charge in [-0.25, -0.2) is 4.79 Å². The molecular weight excluding hydrogens is 194 g/mol. The van der Waals surface area contributed by atoms with Crippen molar-refractivity contribution < 1.29 is 14.3 Å². The molecule has 1 amide bonds. The monoisotopic (exact) mass is 209 g/mol. The molecule has 0 unspecified atom stereocenters. The Hall–Kier alpha value is -1.71. The van der Waals surface area contributed by atoms with E-state index < -0.39 is 0 Å². The normalized spacial score (nSPS) is 9.53. The van der Waals surface area contributed by atoms with E-state index in [1.807, 2.05) is 19.1 Å². The Morgan fingerprint density at radius 2 is 1.87 bits per heavy atom. The van der Waals surface area contributed by atoms with Crippen LogP contribution in [-0.4, -0.2) is 26.9 Å². The molecule has 15 heavy (non-hydrogen) atoms. The largest absolute Gasteiger partial charge is 0.497 e. The van der Waals surface area contributed by atoms with Crippen molar-refractivity contribution in [2.45, 2.75) is 6.92 Å². The van der Waals surface area contributed by atoms with Gasteiger partial charge < -0.3 is 9.47 Å². The number of benzene rings is 1. The second-order valence-electron chi connectivity index (χ2n) is 2.91. The molecule has 0 spiro atoms. The van der Waals surface area contributed by atoms with Crippen LogP contribution in [0.25, 0.3) is 0 Å². The molecule has 0 fully saturated rings. The van der Waals surface area contributed by atoms with Crippen molar-refractivity contribution in [2.24, 2.45) is 0 Å². The maximum Gasteiger partial charge on any atom is 0.413 e. The van der Waals surface area contributed by atoms with Gasteiger partial charge >= 0.3 is 6.09 Å². The molecule has 0 radical (unpaired) electrons. The summed E-state index contributed by atoms with van der Waals surface area (Å²) in [5.74, 6) is 0.764. The summed E-state index contributed by atoms with van der Waals surface area (Å²) in [7, 11) is 2.97. The SMILES string of the molecule is CCN(C(=O)OC)c1ccc(OC)cc1. The van der Waals surface area contributed by atoms with E-state index >= 15 is 0 Å². The zero-order chi connectivity index (χ0) is 11.3. The second-order valence-corrected chi connectivity index (χ2v) is 2.91. The van der Waals surface area contributed by atoms with Crippen molar-refractivity contribution in [3.63, 3.8) is 0 Å². The maximum absolute atomic E-state index is 11.4. The van der Waals surface area contributed by atoms with Gasteiger partial charge in [0.2, 0.25) is 0 Å². The van der Waals surface area contributed by atoms with Gasteiger partial charge in [0.25, 0.3) is 0 Å². The first-order valence-corrected chi connectivity index (χ1v) is 4.72. The van der Waals surface area contributed by atoms with Gasteiger partial charge in [-0.15, -0.1) is 0 Å². The number of ether oxygens (including phenoxy) is 2. The van der Waals surface area contributed by atoms with E-state index in [4.69, 9.17) is 4.74 Å². The van der Waals surface area contributed by atoms with E-state index in [0.717, 1.165) is 11.4 Å². The lowest BCUT2D eigenvalue weighted by Gasteiger charge is -2.19. The van der Waals surface area contributed by atoms with Gasteiger partial charge in [-0.05, 0) is 31.2 Å². The number of rotatable bonds is 3. The molecule has 0 bridgehead atoms. The van der Waals surface area contributed by atoms with Crippen LogP contribution in [0.4, 0.5) is 10.5 Å². The third kappa shape index (κ3) is 2.62. The molecule has 0 saturated carbocycles. The molecule has 82 valence electrons. The molecule has 4 nitrogen and oxygen atoms in total. The topological polar surface area (TPSA) is 38.8 Å². The van der Waals surface area contributed by atoms with E-state index in [-0.39, 0.29) is 6.09 Å². The Morgan fingerprint density at radius 3 is 2.27 bits per heavy atom. The Labute approximate surface area is 89.4 Å².